The first kappa shape index (κ1) is 15.5. The number of anilines is 2. The number of rotatable bonds is 4. The minimum absolute atomic E-state index is 0.0195. The van der Waals surface area contributed by atoms with Crippen molar-refractivity contribution < 1.29 is 13.2 Å². The van der Waals surface area contributed by atoms with Gasteiger partial charge in [-0.2, -0.15) is 23.4 Å². The van der Waals surface area contributed by atoms with Gasteiger partial charge in [-0.3, -0.25) is 4.98 Å². The summed E-state index contributed by atoms with van der Waals surface area (Å²) in [4.78, 5) is 11.6. The molecule has 22 heavy (non-hydrogen) atoms. The van der Waals surface area contributed by atoms with Crippen molar-refractivity contribution in [3.63, 3.8) is 0 Å². The van der Waals surface area contributed by atoms with Crippen molar-refractivity contribution in [1.82, 2.24) is 15.0 Å². The second-order valence-electron chi connectivity index (χ2n) is 4.20. The number of nitrogens with one attached hydrogen (secondary N) is 2. The van der Waals surface area contributed by atoms with Gasteiger partial charge in [0.25, 0.3) is 0 Å². The van der Waals surface area contributed by atoms with E-state index in [0.717, 1.165) is 18.5 Å². The molecular formula is C13H11F3N6. The topological polar surface area (TPSA) is 86.5 Å². The molecule has 114 valence electrons. The minimum Gasteiger partial charge on any atom is -0.372 e. The molecule has 0 unspecified atom stereocenters. The van der Waals surface area contributed by atoms with Crippen molar-refractivity contribution in [3.8, 4) is 6.07 Å². The Balaban J connectivity index is 2.20. The summed E-state index contributed by atoms with van der Waals surface area (Å²) in [5.74, 6) is 0.405. The third-order valence-electron chi connectivity index (χ3n) is 2.79. The molecule has 0 radical (unpaired) electrons. The standard InChI is InChI=1S/C13H11F3N6/c1-18-11-8(4-17)6-20-12(22-11)21-7-9-5-19-3-2-10(9)13(14,15)16/h2-3,5-6H,7H2,1H3,(H2,18,20,21,22). The third kappa shape index (κ3) is 3.41. The lowest BCUT2D eigenvalue weighted by atomic mass is 10.1. The molecule has 2 aromatic rings. The van der Waals surface area contributed by atoms with E-state index in [0.29, 0.717) is 5.82 Å². The lowest BCUT2D eigenvalue weighted by Crippen LogP contribution is -2.13. The largest absolute Gasteiger partial charge is 0.416 e. The van der Waals surface area contributed by atoms with E-state index in [-0.39, 0.29) is 23.6 Å². The molecular weight excluding hydrogens is 297 g/mol. The molecule has 2 N–H and O–H groups in total. The molecule has 0 fully saturated rings. The molecule has 0 aliphatic heterocycles. The Labute approximate surface area is 124 Å². The molecule has 0 bridgehead atoms. The van der Waals surface area contributed by atoms with E-state index in [1.807, 2.05) is 6.07 Å². The maximum Gasteiger partial charge on any atom is 0.416 e. The number of halogens is 3. The zero-order valence-corrected chi connectivity index (χ0v) is 11.4. The highest BCUT2D eigenvalue weighted by atomic mass is 19.4. The van der Waals surface area contributed by atoms with Gasteiger partial charge in [0.05, 0.1) is 11.8 Å². The van der Waals surface area contributed by atoms with Crippen molar-refractivity contribution in [2.45, 2.75) is 12.7 Å². The fourth-order valence-electron chi connectivity index (χ4n) is 1.76. The minimum atomic E-state index is -4.46. The number of hydrogen-bond donors (Lipinski definition) is 2. The van der Waals surface area contributed by atoms with E-state index in [4.69, 9.17) is 5.26 Å². The number of pyridine rings is 1. The molecule has 2 heterocycles. The van der Waals surface area contributed by atoms with E-state index >= 15 is 0 Å². The molecule has 6 nitrogen and oxygen atoms in total. The summed E-state index contributed by atoms with van der Waals surface area (Å²) in [7, 11) is 1.58. The molecule has 0 spiro atoms. The van der Waals surface area contributed by atoms with Crippen LogP contribution in [0.1, 0.15) is 16.7 Å². The molecule has 2 aromatic heterocycles. The SMILES string of the molecule is CNc1nc(NCc2cnccc2C(F)(F)F)ncc1C#N. The molecule has 0 saturated heterocycles. The van der Waals surface area contributed by atoms with Crippen LogP contribution in [-0.2, 0) is 12.7 Å². The van der Waals surface area contributed by atoms with Gasteiger partial charge in [0.2, 0.25) is 5.95 Å². The van der Waals surface area contributed by atoms with Crippen LogP contribution < -0.4 is 10.6 Å². The fourth-order valence-corrected chi connectivity index (χ4v) is 1.76. The van der Waals surface area contributed by atoms with Crippen molar-refractivity contribution in [2.75, 3.05) is 17.7 Å². The number of nitrogens with zero attached hydrogens (tertiary/aromatic N) is 4. The zero-order chi connectivity index (χ0) is 16.2. The van der Waals surface area contributed by atoms with Crippen LogP contribution in [0.25, 0.3) is 0 Å². The van der Waals surface area contributed by atoms with Crippen LogP contribution in [0.2, 0.25) is 0 Å². The van der Waals surface area contributed by atoms with E-state index < -0.39 is 11.7 Å². The summed E-state index contributed by atoms with van der Waals surface area (Å²) in [6, 6.07) is 2.81. The van der Waals surface area contributed by atoms with Gasteiger partial charge in [0.15, 0.2) is 0 Å². The normalized spacial score (nSPS) is 10.9. The third-order valence-corrected chi connectivity index (χ3v) is 2.79. The average molecular weight is 308 g/mol. The summed E-state index contributed by atoms with van der Waals surface area (Å²) < 4.78 is 38.6. The van der Waals surface area contributed by atoms with Gasteiger partial charge in [0, 0.05) is 31.5 Å². The van der Waals surface area contributed by atoms with Crippen LogP contribution in [-0.4, -0.2) is 22.0 Å². The van der Waals surface area contributed by atoms with Crippen LogP contribution in [0.4, 0.5) is 24.9 Å². The van der Waals surface area contributed by atoms with Crippen molar-refractivity contribution in [2.24, 2.45) is 0 Å². The Bertz CT molecular complexity index is 708. The molecule has 0 atom stereocenters. The summed E-state index contributed by atoms with van der Waals surface area (Å²) in [6.45, 7) is -0.141. The Hall–Kier alpha value is -2.89. The smallest absolute Gasteiger partial charge is 0.372 e. The summed E-state index contributed by atoms with van der Waals surface area (Å²) in [5.41, 5.74) is -0.545. The molecule has 9 heteroatoms. The van der Waals surface area contributed by atoms with Gasteiger partial charge in [-0.05, 0) is 6.07 Å². The van der Waals surface area contributed by atoms with E-state index in [9.17, 15) is 13.2 Å². The molecule has 0 aliphatic rings. The van der Waals surface area contributed by atoms with Crippen LogP contribution in [0.3, 0.4) is 0 Å². The van der Waals surface area contributed by atoms with Crippen molar-refractivity contribution >= 4 is 11.8 Å². The second kappa shape index (κ2) is 6.26. The summed E-state index contributed by atoms with van der Waals surface area (Å²) in [5, 5.41) is 14.3. The molecule has 0 aliphatic carbocycles. The summed E-state index contributed by atoms with van der Waals surface area (Å²) in [6.07, 6.45) is -0.946. The van der Waals surface area contributed by atoms with Gasteiger partial charge in [-0.25, -0.2) is 4.98 Å². The second-order valence-corrected chi connectivity index (χ2v) is 4.20. The Kier molecular flexibility index (Phi) is 4.41. The molecule has 0 saturated carbocycles. The van der Waals surface area contributed by atoms with Gasteiger partial charge >= 0.3 is 6.18 Å². The number of alkyl halides is 3. The maximum absolute atomic E-state index is 12.9. The Morgan fingerprint density at radius 2 is 2.09 bits per heavy atom. The van der Waals surface area contributed by atoms with Crippen LogP contribution >= 0.6 is 0 Å². The Morgan fingerprint density at radius 3 is 2.73 bits per heavy atom. The predicted octanol–water partition coefficient (Wildman–Crippen LogP) is 2.42. The van der Waals surface area contributed by atoms with E-state index in [1.54, 1.807) is 7.05 Å². The highest BCUT2D eigenvalue weighted by Crippen LogP contribution is 2.31. The maximum atomic E-state index is 12.9. The van der Waals surface area contributed by atoms with Crippen LogP contribution in [0, 0.1) is 11.3 Å². The number of nitriles is 1. The molecule has 2 rings (SSSR count). The highest BCUT2D eigenvalue weighted by molar-refractivity contribution is 5.53. The number of aromatic nitrogens is 3. The highest BCUT2D eigenvalue weighted by Gasteiger charge is 2.33. The first-order chi connectivity index (χ1) is 10.5. The molecule has 0 aromatic carbocycles. The fraction of sp³-hybridized carbons (Fsp3) is 0.231. The Morgan fingerprint density at radius 1 is 1.32 bits per heavy atom. The van der Waals surface area contributed by atoms with E-state index in [1.165, 1.54) is 6.20 Å². The zero-order valence-electron chi connectivity index (χ0n) is 11.4. The van der Waals surface area contributed by atoms with E-state index in [2.05, 4.69) is 25.6 Å². The summed E-state index contributed by atoms with van der Waals surface area (Å²) >= 11 is 0. The lowest BCUT2D eigenvalue weighted by molar-refractivity contribution is -0.138. The van der Waals surface area contributed by atoms with Crippen molar-refractivity contribution in [3.05, 3.63) is 41.3 Å². The van der Waals surface area contributed by atoms with Gasteiger partial charge < -0.3 is 10.6 Å². The predicted molar refractivity (Wildman–Crippen MR) is 72.9 cm³/mol. The van der Waals surface area contributed by atoms with Gasteiger partial charge in [-0.1, -0.05) is 0 Å². The monoisotopic (exact) mass is 308 g/mol. The first-order valence-corrected chi connectivity index (χ1v) is 6.14. The number of hydrogen-bond acceptors (Lipinski definition) is 6. The lowest BCUT2D eigenvalue weighted by Gasteiger charge is -2.13. The van der Waals surface area contributed by atoms with Crippen molar-refractivity contribution in [1.29, 1.82) is 5.26 Å². The van der Waals surface area contributed by atoms with Crippen LogP contribution in [0.5, 0.6) is 0 Å². The average Bonchev–Trinajstić information content (AvgIpc) is 2.52. The molecule has 0 amide bonds. The van der Waals surface area contributed by atoms with Gasteiger partial charge in [-0.15, -0.1) is 0 Å². The quantitative estimate of drug-likeness (QED) is 0.902. The first-order valence-electron chi connectivity index (χ1n) is 6.14. The van der Waals surface area contributed by atoms with Gasteiger partial charge in [0.1, 0.15) is 17.5 Å². The van der Waals surface area contributed by atoms with Crippen LogP contribution in [0.15, 0.2) is 24.7 Å².